The molecule has 4 aliphatic rings. The molecule has 2 aliphatic heterocycles. The molecule has 1 saturated carbocycles. The molecule has 2 heterocycles. The van der Waals surface area contributed by atoms with E-state index < -0.39 is 0 Å². The van der Waals surface area contributed by atoms with Crippen LogP contribution in [0.2, 0.25) is 0 Å². The summed E-state index contributed by atoms with van der Waals surface area (Å²) in [6.07, 6.45) is 7.11. The average Bonchev–Trinajstić information content (AvgIpc) is 3.45. The van der Waals surface area contributed by atoms with E-state index in [1.54, 1.807) is 24.3 Å². The molecule has 2 saturated heterocycles. The highest BCUT2D eigenvalue weighted by Gasteiger charge is 2.59. The summed E-state index contributed by atoms with van der Waals surface area (Å²) in [6.45, 7) is 1.22. The van der Waals surface area contributed by atoms with Crippen LogP contribution in [0.25, 0.3) is 0 Å². The maximum atomic E-state index is 12.9. The Morgan fingerprint density at radius 3 is 2.56 bits per heavy atom. The zero-order chi connectivity index (χ0) is 18.5. The number of hydrogen-bond donors (Lipinski definition) is 1. The van der Waals surface area contributed by atoms with Crippen LogP contribution in [0.1, 0.15) is 29.6 Å². The second-order valence-electron chi connectivity index (χ2n) is 7.91. The van der Waals surface area contributed by atoms with Crippen LogP contribution < -0.4 is 10.2 Å². The molecular formula is C21H22N2O4. The number of fused-ring (bicyclic) bond motifs is 5. The number of ether oxygens (including phenoxy) is 1. The lowest BCUT2D eigenvalue weighted by Gasteiger charge is -2.18. The van der Waals surface area contributed by atoms with Gasteiger partial charge in [-0.25, -0.2) is 4.90 Å². The van der Waals surface area contributed by atoms with E-state index in [0.717, 1.165) is 25.9 Å². The molecule has 0 unspecified atom stereocenters. The summed E-state index contributed by atoms with van der Waals surface area (Å²) < 4.78 is 5.52. The third kappa shape index (κ3) is 2.62. The molecule has 1 aromatic carbocycles. The molecule has 3 fully saturated rings. The molecule has 27 heavy (non-hydrogen) atoms. The lowest BCUT2D eigenvalue weighted by molar-refractivity contribution is -0.123. The van der Waals surface area contributed by atoms with Crippen LogP contribution in [-0.2, 0) is 14.3 Å². The second-order valence-corrected chi connectivity index (χ2v) is 7.91. The fraction of sp³-hybridized carbons (Fsp3) is 0.476. The fourth-order valence-corrected chi connectivity index (χ4v) is 5.06. The van der Waals surface area contributed by atoms with Crippen LogP contribution in [0, 0.1) is 23.7 Å². The zero-order valence-electron chi connectivity index (χ0n) is 15.0. The smallest absolute Gasteiger partial charge is 0.251 e. The predicted octanol–water partition coefficient (Wildman–Crippen LogP) is 1.91. The summed E-state index contributed by atoms with van der Waals surface area (Å²) in [4.78, 5) is 39.6. The third-order valence-corrected chi connectivity index (χ3v) is 6.35. The molecule has 0 radical (unpaired) electrons. The summed E-state index contributed by atoms with van der Waals surface area (Å²) in [6, 6.07) is 6.78. The van der Waals surface area contributed by atoms with Gasteiger partial charge in [0.25, 0.3) is 5.91 Å². The third-order valence-electron chi connectivity index (χ3n) is 6.35. The Morgan fingerprint density at radius 2 is 1.89 bits per heavy atom. The van der Waals surface area contributed by atoms with Gasteiger partial charge < -0.3 is 10.1 Å². The number of rotatable bonds is 4. The minimum Gasteiger partial charge on any atom is -0.376 e. The predicted molar refractivity (Wildman–Crippen MR) is 98.0 cm³/mol. The van der Waals surface area contributed by atoms with E-state index in [2.05, 4.69) is 17.5 Å². The number of carbonyl (C=O) groups is 3. The first-order valence-corrected chi connectivity index (χ1v) is 9.69. The van der Waals surface area contributed by atoms with Crippen LogP contribution in [-0.4, -0.2) is 37.0 Å². The van der Waals surface area contributed by atoms with Crippen molar-refractivity contribution in [3.05, 3.63) is 42.0 Å². The highest BCUT2D eigenvalue weighted by Crippen LogP contribution is 2.53. The van der Waals surface area contributed by atoms with Crippen LogP contribution in [0.15, 0.2) is 36.4 Å². The molecule has 6 nitrogen and oxygen atoms in total. The Bertz CT molecular complexity index is 812. The van der Waals surface area contributed by atoms with Gasteiger partial charge in [-0.3, -0.25) is 14.4 Å². The van der Waals surface area contributed by atoms with Crippen molar-refractivity contribution in [3.8, 4) is 0 Å². The summed E-state index contributed by atoms with van der Waals surface area (Å²) in [5.74, 6) is -0.571. The van der Waals surface area contributed by atoms with Gasteiger partial charge in [0.15, 0.2) is 0 Å². The molecule has 5 atom stereocenters. The lowest BCUT2D eigenvalue weighted by Crippen LogP contribution is -2.34. The largest absolute Gasteiger partial charge is 0.376 e. The van der Waals surface area contributed by atoms with Gasteiger partial charge in [-0.05, 0) is 49.3 Å². The number of nitrogens with one attached hydrogen (secondary N) is 1. The molecule has 6 heteroatoms. The second kappa shape index (κ2) is 6.30. The van der Waals surface area contributed by atoms with Crippen molar-refractivity contribution in [1.29, 1.82) is 0 Å². The lowest BCUT2D eigenvalue weighted by atomic mass is 9.85. The van der Waals surface area contributed by atoms with E-state index >= 15 is 0 Å². The molecule has 3 amide bonds. The molecule has 0 spiro atoms. The van der Waals surface area contributed by atoms with Crippen LogP contribution in [0.5, 0.6) is 0 Å². The van der Waals surface area contributed by atoms with Crippen molar-refractivity contribution in [2.75, 3.05) is 18.1 Å². The standard InChI is InChI=1S/C21H22N2O4/c24-19(22-11-16-5-2-8-27-16)14-3-1-4-15(10-14)23-20(25)17-12-6-7-13(9-12)18(17)21(23)26/h1,3-4,6-7,10,12-13,16-18H,2,5,8-9,11H2,(H,22,24)/t12-,13-,16+,17-,18+/m0/s1. The zero-order valence-corrected chi connectivity index (χ0v) is 15.0. The normalized spacial score (nSPS) is 33.8. The van der Waals surface area contributed by atoms with E-state index in [-0.39, 0.29) is 47.5 Å². The van der Waals surface area contributed by atoms with Crippen molar-refractivity contribution in [3.63, 3.8) is 0 Å². The van der Waals surface area contributed by atoms with Gasteiger partial charge >= 0.3 is 0 Å². The highest BCUT2D eigenvalue weighted by molar-refractivity contribution is 6.23. The molecule has 1 N–H and O–H groups in total. The number of imide groups is 1. The summed E-state index contributed by atoms with van der Waals surface area (Å²) in [5.41, 5.74) is 0.938. The molecule has 2 aliphatic carbocycles. The molecule has 5 rings (SSSR count). The Hall–Kier alpha value is -2.47. The van der Waals surface area contributed by atoms with E-state index in [4.69, 9.17) is 4.74 Å². The molecule has 0 aromatic heterocycles. The topological polar surface area (TPSA) is 75.7 Å². The van der Waals surface area contributed by atoms with Gasteiger partial charge in [-0.15, -0.1) is 0 Å². The number of allylic oxidation sites excluding steroid dienone is 2. The number of carbonyl (C=O) groups excluding carboxylic acids is 3. The Morgan fingerprint density at radius 1 is 1.15 bits per heavy atom. The number of nitrogens with zero attached hydrogens (tertiary/aromatic N) is 1. The van der Waals surface area contributed by atoms with Crippen LogP contribution in [0.4, 0.5) is 5.69 Å². The van der Waals surface area contributed by atoms with E-state index in [1.807, 2.05) is 0 Å². The average molecular weight is 366 g/mol. The van der Waals surface area contributed by atoms with Gasteiger partial charge in [0.05, 0.1) is 23.6 Å². The maximum absolute atomic E-state index is 12.9. The molecule has 1 aromatic rings. The van der Waals surface area contributed by atoms with Crippen LogP contribution in [0.3, 0.4) is 0 Å². The van der Waals surface area contributed by atoms with Crippen LogP contribution >= 0.6 is 0 Å². The van der Waals surface area contributed by atoms with E-state index in [9.17, 15) is 14.4 Å². The van der Waals surface area contributed by atoms with Gasteiger partial charge in [0.1, 0.15) is 0 Å². The first-order valence-electron chi connectivity index (χ1n) is 9.69. The molecule has 140 valence electrons. The maximum Gasteiger partial charge on any atom is 0.251 e. The Kier molecular flexibility index (Phi) is 3.90. The highest BCUT2D eigenvalue weighted by atomic mass is 16.5. The number of hydrogen-bond acceptors (Lipinski definition) is 4. The van der Waals surface area contributed by atoms with Gasteiger partial charge in [0, 0.05) is 18.7 Å². The van der Waals surface area contributed by atoms with Crippen molar-refractivity contribution >= 4 is 23.4 Å². The van der Waals surface area contributed by atoms with Crippen molar-refractivity contribution in [2.45, 2.75) is 25.4 Å². The van der Waals surface area contributed by atoms with Gasteiger partial charge in [-0.2, -0.15) is 0 Å². The minimum absolute atomic E-state index is 0.0706. The number of anilines is 1. The number of amides is 3. The quantitative estimate of drug-likeness (QED) is 0.652. The summed E-state index contributed by atoms with van der Waals surface area (Å²) >= 11 is 0. The SMILES string of the molecule is O=C(NC[C@H]1CCCO1)c1cccc(N2C(=O)[C@@H]3[C@H](C2=O)[C@H]2C=C[C@H]3C2)c1. The summed E-state index contributed by atoms with van der Waals surface area (Å²) in [5, 5.41) is 2.88. The molecular weight excluding hydrogens is 344 g/mol. The van der Waals surface area contributed by atoms with Crippen molar-refractivity contribution in [2.24, 2.45) is 23.7 Å². The van der Waals surface area contributed by atoms with Gasteiger partial charge in [-0.1, -0.05) is 18.2 Å². The summed E-state index contributed by atoms with van der Waals surface area (Å²) in [7, 11) is 0. The Labute approximate surface area is 157 Å². The number of benzene rings is 1. The van der Waals surface area contributed by atoms with Crippen molar-refractivity contribution in [1.82, 2.24) is 5.32 Å². The minimum atomic E-state index is -0.232. The molecule has 2 bridgehead atoms. The first-order chi connectivity index (χ1) is 13.1. The van der Waals surface area contributed by atoms with Crippen molar-refractivity contribution < 1.29 is 19.1 Å². The van der Waals surface area contributed by atoms with E-state index in [0.29, 0.717) is 17.8 Å². The monoisotopic (exact) mass is 366 g/mol. The van der Waals surface area contributed by atoms with Gasteiger partial charge in [0.2, 0.25) is 11.8 Å². The first kappa shape index (κ1) is 16.7. The Balaban J connectivity index is 1.34. The fourth-order valence-electron chi connectivity index (χ4n) is 5.06. The van der Waals surface area contributed by atoms with E-state index in [1.165, 1.54) is 4.90 Å².